The molecule has 19 heavy (non-hydrogen) atoms. The first kappa shape index (κ1) is 12.5. The molecule has 1 amide bonds. The van der Waals surface area contributed by atoms with Crippen molar-refractivity contribution in [1.29, 1.82) is 0 Å². The Morgan fingerprint density at radius 1 is 1.32 bits per heavy atom. The Bertz CT molecular complexity index is 470. The van der Waals surface area contributed by atoms with Gasteiger partial charge < -0.3 is 16.0 Å². The third kappa shape index (κ3) is 2.89. The molecule has 3 N–H and O–H groups in total. The molecule has 1 aromatic rings. The summed E-state index contributed by atoms with van der Waals surface area (Å²) in [5.74, 6) is -0.166. The van der Waals surface area contributed by atoms with Crippen LogP contribution in [0.2, 0.25) is 0 Å². The molecule has 1 saturated heterocycles. The van der Waals surface area contributed by atoms with Gasteiger partial charge in [0.1, 0.15) is 0 Å². The fourth-order valence-electron chi connectivity index (χ4n) is 2.72. The Balaban J connectivity index is 1.70. The van der Waals surface area contributed by atoms with E-state index in [2.05, 4.69) is 34.5 Å². The topological polar surface area (TPSA) is 58.4 Å². The number of nitrogens with one attached hydrogen (secondary N) is 1. The lowest BCUT2D eigenvalue weighted by Gasteiger charge is -2.22. The number of rotatable bonds is 5. The molecule has 4 nitrogen and oxygen atoms in total. The predicted molar refractivity (Wildman–Crippen MR) is 75.8 cm³/mol. The third-order valence-corrected chi connectivity index (χ3v) is 4.08. The maximum Gasteiger partial charge on any atom is 0.222 e. The van der Waals surface area contributed by atoms with Crippen molar-refractivity contribution in [2.24, 2.45) is 11.7 Å². The van der Waals surface area contributed by atoms with E-state index in [1.54, 1.807) is 0 Å². The molecule has 1 saturated carbocycles. The number of carbonyl (C=O) groups excluding carboxylic acids is 1. The average molecular weight is 259 g/mol. The monoisotopic (exact) mass is 259 g/mol. The van der Waals surface area contributed by atoms with Crippen molar-refractivity contribution in [2.45, 2.75) is 31.8 Å². The highest BCUT2D eigenvalue weighted by Gasteiger charge is 2.28. The van der Waals surface area contributed by atoms with Crippen molar-refractivity contribution in [3.63, 3.8) is 0 Å². The molecule has 0 aromatic heterocycles. The first-order valence-electron chi connectivity index (χ1n) is 7.09. The molecular formula is C15H21N3O. The van der Waals surface area contributed by atoms with E-state index in [0.717, 1.165) is 26.1 Å². The molecule has 1 unspecified atom stereocenters. The summed E-state index contributed by atoms with van der Waals surface area (Å²) in [4.78, 5) is 13.6. The highest BCUT2D eigenvalue weighted by atomic mass is 16.1. The molecule has 1 aliphatic heterocycles. The second-order valence-electron chi connectivity index (χ2n) is 5.62. The van der Waals surface area contributed by atoms with Gasteiger partial charge >= 0.3 is 0 Å². The lowest BCUT2D eigenvalue weighted by atomic mass is 10.1. The number of anilines is 1. The number of benzene rings is 1. The summed E-state index contributed by atoms with van der Waals surface area (Å²) in [6.45, 7) is 2.60. The third-order valence-electron chi connectivity index (χ3n) is 4.08. The van der Waals surface area contributed by atoms with Crippen molar-refractivity contribution in [2.75, 3.05) is 18.0 Å². The van der Waals surface area contributed by atoms with Crippen molar-refractivity contribution >= 4 is 11.6 Å². The van der Waals surface area contributed by atoms with E-state index in [1.807, 2.05) is 0 Å². The molecule has 1 aliphatic carbocycles. The van der Waals surface area contributed by atoms with Gasteiger partial charge in [-0.2, -0.15) is 0 Å². The van der Waals surface area contributed by atoms with Gasteiger partial charge in [-0.25, -0.2) is 0 Å². The number of amides is 1. The van der Waals surface area contributed by atoms with Crippen molar-refractivity contribution in [1.82, 2.24) is 5.32 Å². The Kier molecular flexibility index (Phi) is 3.42. The van der Waals surface area contributed by atoms with Gasteiger partial charge in [0, 0.05) is 31.4 Å². The van der Waals surface area contributed by atoms with Crippen LogP contribution in [0.25, 0.3) is 0 Å². The fraction of sp³-hybridized carbons (Fsp3) is 0.533. The Labute approximate surface area is 114 Å². The van der Waals surface area contributed by atoms with Crippen LogP contribution in [-0.4, -0.2) is 25.0 Å². The van der Waals surface area contributed by atoms with Crippen LogP contribution in [0, 0.1) is 5.92 Å². The number of hydrogen-bond acceptors (Lipinski definition) is 3. The molecule has 0 bridgehead atoms. The van der Waals surface area contributed by atoms with Crippen molar-refractivity contribution in [3.8, 4) is 0 Å². The Morgan fingerprint density at radius 2 is 2.11 bits per heavy atom. The Hall–Kier alpha value is -1.55. The minimum absolute atomic E-state index is 0.00412. The Morgan fingerprint density at radius 3 is 2.79 bits per heavy atom. The first-order valence-corrected chi connectivity index (χ1v) is 7.09. The number of para-hydroxylation sites is 1. The highest BCUT2D eigenvalue weighted by Crippen LogP contribution is 2.28. The van der Waals surface area contributed by atoms with Crippen LogP contribution in [-0.2, 0) is 11.3 Å². The van der Waals surface area contributed by atoms with Crippen LogP contribution < -0.4 is 16.0 Å². The largest absolute Gasteiger partial charge is 0.370 e. The molecule has 0 spiro atoms. The highest BCUT2D eigenvalue weighted by molar-refractivity contribution is 5.78. The minimum atomic E-state index is -0.170. The van der Waals surface area contributed by atoms with Crippen LogP contribution in [0.5, 0.6) is 0 Å². The molecular weight excluding hydrogens is 238 g/mol. The van der Waals surface area contributed by atoms with Gasteiger partial charge in [0.15, 0.2) is 0 Å². The summed E-state index contributed by atoms with van der Waals surface area (Å²) >= 11 is 0. The van der Waals surface area contributed by atoms with E-state index >= 15 is 0 Å². The van der Waals surface area contributed by atoms with Crippen LogP contribution >= 0.6 is 0 Å². The van der Waals surface area contributed by atoms with Crippen LogP contribution in [0.1, 0.15) is 24.8 Å². The van der Waals surface area contributed by atoms with E-state index < -0.39 is 0 Å². The molecule has 4 heteroatoms. The van der Waals surface area contributed by atoms with E-state index in [0.29, 0.717) is 6.04 Å². The summed E-state index contributed by atoms with van der Waals surface area (Å²) in [7, 11) is 0. The maximum absolute atomic E-state index is 11.3. The van der Waals surface area contributed by atoms with Gasteiger partial charge in [-0.15, -0.1) is 0 Å². The maximum atomic E-state index is 11.3. The van der Waals surface area contributed by atoms with Gasteiger partial charge in [0.2, 0.25) is 5.91 Å². The molecule has 1 aromatic carbocycles. The SMILES string of the molecule is NC(=O)C1CCN(c2ccccc2CNC2CC2)C1. The van der Waals surface area contributed by atoms with Gasteiger partial charge in [0.25, 0.3) is 0 Å². The van der Waals surface area contributed by atoms with Gasteiger partial charge in [-0.3, -0.25) is 4.79 Å². The second-order valence-corrected chi connectivity index (χ2v) is 5.62. The molecule has 0 radical (unpaired) electrons. The lowest BCUT2D eigenvalue weighted by molar-refractivity contribution is -0.121. The summed E-state index contributed by atoms with van der Waals surface area (Å²) in [5.41, 5.74) is 7.97. The van der Waals surface area contributed by atoms with E-state index in [9.17, 15) is 4.79 Å². The summed E-state index contributed by atoms with van der Waals surface area (Å²) in [5, 5.41) is 3.55. The molecule has 1 atom stereocenters. The number of primary amides is 1. The van der Waals surface area contributed by atoms with Crippen molar-refractivity contribution < 1.29 is 4.79 Å². The second kappa shape index (κ2) is 5.21. The number of nitrogens with two attached hydrogens (primary N) is 1. The van der Waals surface area contributed by atoms with E-state index in [1.165, 1.54) is 24.1 Å². The number of nitrogens with zero attached hydrogens (tertiary/aromatic N) is 1. The lowest BCUT2D eigenvalue weighted by Crippen LogP contribution is -2.28. The average Bonchev–Trinajstić information content (AvgIpc) is 3.11. The summed E-state index contributed by atoms with van der Waals surface area (Å²) in [6, 6.07) is 9.17. The minimum Gasteiger partial charge on any atom is -0.370 e. The molecule has 102 valence electrons. The number of hydrogen-bond donors (Lipinski definition) is 2. The van der Waals surface area contributed by atoms with E-state index in [4.69, 9.17) is 5.73 Å². The van der Waals surface area contributed by atoms with Gasteiger partial charge in [0.05, 0.1) is 5.92 Å². The summed E-state index contributed by atoms with van der Waals surface area (Å²) in [6.07, 6.45) is 3.48. The van der Waals surface area contributed by atoms with Crippen LogP contribution in [0.15, 0.2) is 24.3 Å². The first-order chi connectivity index (χ1) is 9.24. The smallest absolute Gasteiger partial charge is 0.222 e. The molecule has 1 heterocycles. The molecule has 2 fully saturated rings. The van der Waals surface area contributed by atoms with Gasteiger partial charge in [-0.05, 0) is 30.9 Å². The zero-order chi connectivity index (χ0) is 13.2. The zero-order valence-corrected chi connectivity index (χ0v) is 11.1. The normalized spacial score (nSPS) is 22.7. The van der Waals surface area contributed by atoms with Crippen LogP contribution in [0.4, 0.5) is 5.69 Å². The molecule has 3 rings (SSSR count). The zero-order valence-electron chi connectivity index (χ0n) is 11.1. The summed E-state index contributed by atoms with van der Waals surface area (Å²) < 4.78 is 0. The predicted octanol–water partition coefficient (Wildman–Crippen LogP) is 1.25. The van der Waals surface area contributed by atoms with Crippen LogP contribution in [0.3, 0.4) is 0 Å². The fourth-order valence-corrected chi connectivity index (χ4v) is 2.72. The quantitative estimate of drug-likeness (QED) is 0.836. The number of carbonyl (C=O) groups is 1. The molecule has 2 aliphatic rings. The van der Waals surface area contributed by atoms with Gasteiger partial charge in [-0.1, -0.05) is 18.2 Å². The van der Waals surface area contributed by atoms with E-state index in [-0.39, 0.29) is 11.8 Å². The van der Waals surface area contributed by atoms with Crippen molar-refractivity contribution in [3.05, 3.63) is 29.8 Å². The standard InChI is InChI=1S/C15H21N3O/c16-15(19)12-7-8-18(10-12)14-4-2-1-3-11(14)9-17-13-5-6-13/h1-4,12-13,17H,5-10H2,(H2,16,19).